The lowest BCUT2D eigenvalue weighted by molar-refractivity contribution is -0.133. The molecule has 0 atom stereocenters. The fraction of sp³-hybridized carbons (Fsp3) is 0.250. The van der Waals surface area contributed by atoms with Gasteiger partial charge in [-0.05, 0) is 43.0 Å². The summed E-state index contributed by atoms with van der Waals surface area (Å²) in [5.41, 5.74) is 0.834. The average Bonchev–Trinajstić information content (AvgIpc) is 3.27. The summed E-state index contributed by atoms with van der Waals surface area (Å²) in [6.07, 6.45) is 0. The lowest BCUT2D eigenvalue weighted by Crippen LogP contribution is -2.47. The molecule has 3 rings (SSSR count). The van der Waals surface area contributed by atoms with Gasteiger partial charge in [-0.2, -0.15) is 0 Å². The highest BCUT2D eigenvalue weighted by molar-refractivity contribution is 7.09. The van der Waals surface area contributed by atoms with E-state index in [1.807, 2.05) is 47.8 Å². The lowest BCUT2D eigenvalue weighted by atomic mass is 10.2. The third-order valence-electron chi connectivity index (χ3n) is 4.86. The minimum atomic E-state index is -0.878. The van der Waals surface area contributed by atoms with Crippen LogP contribution >= 0.6 is 11.3 Å². The number of carbonyl (C=O) groups is 2. The molecule has 0 spiro atoms. The Hall–Kier alpha value is -3.26. The number of carbonyl (C=O) groups excluding carboxylic acids is 2. The van der Waals surface area contributed by atoms with E-state index in [1.54, 1.807) is 30.1 Å². The molecule has 0 aliphatic carbocycles. The summed E-state index contributed by atoms with van der Waals surface area (Å²) in [6.45, 7) is 4.19. The topological polar surface area (TPSA) is 52.7 Å². The number of amides is 3. The third-order valence-corrected chi connectivity index (χ3v) is 5.72. The number of hydrogen-bond donors (Lipinski definition) is 1. The Bertz CT molecular complexity index is 1040. The number of urea groups is 1. The molecular formula is C24H25F2N3O2S. The van der Waals surface area contributed by atoms with Gasteiger partial charge in [-0.1, -0.05) is 36.4 Å². The number of anilines is 1. The lowest BCUT2D eigenvalue weighted by Gasteiger charge is -2.30. The predicted octanol–water partition coefficient (Wildman–Crippen LogP) is 5.50. The molecule has 0 radical (unpaired) electrons. The van der Waals surface area contributed by atoms with Crippen molar-refractivity contribution in [2.45, 2.75) is 33.0 Å². The maximum absolute atomic E-state index is 14.0. The number of rotatable bonds is 8. The van der Waals surface area contributed by atoms with Gasteiger partial charge in [0.1, 0.15) is 18.2 Å². The molecule has 2 aromatic carbocycles. The normalized spacial score (nSPS) is 10.8. The molecule has 0 aliphatic heterocycles. The molecule has 1 N–H and O–H groups in total. The van der Waals surface area contributed by atoms with Gasteiger partial charge in [0.15, 0.2) is 0 Å². The molecule has 1 aromatic heterocycles. The highest BCUT2D eigenvalue weighted by Crippen LogP contribution is 2.18. The van der Waals surface area contributed by atoms with E-state index < -0.39 is 17.7 Å². The maximum Gasteiger partial charge on any atom is 0.322 e. The quantitative estimate of drug-likeness (QED) is 0.486. The van der Waals surface area contributed by atoms with E-state index in [0.29, 0.717) is 19.2 Å². The summed E-state index contributed by atoms with van der Waals surface area (Å²) >= 11 is 1.56. The van der Waals surface area contributed by atoms with Crippen molar-refractivity contribution >= 4 is 29.0 Å². The van der Waals surface area contributed by atoms with Crippen LogP contribution in [-0.4, -0.2) is 34.3 Å². The Balaban J connectivity index is 1.75. The number of halogens is 2. The minimum absolute atomic E-state index is 0.144. The highest BCUT2D eigenvalue weighted by Gasteiger charge is 2.25. The molecule has 32 heavy (non-hydrogen) atoms. The summed E-state index contributed by atoms with van der Waals surface area (Å²) in [6, 6.07) is 15.5. The van der Waals surface area contributed by atoms with E-state index in [9.17, 15) is 18.4 Å². The van der Waals surface area contributed by atoms with E-state index in [1.165, 1.54) is 4.90 Å². The number of nitrogens with one attached hydrogen (secondary N) is 1. The van der Waals surface area contributed by atoms with E-state index in [4.69, 9.17) is 0 Å². The van der Waals surface area contributed by atoms with E-state index in [-0.39, 0.29) is 24.2 Å². The first-order valence-electron chi connectivity index (χ1n) is 10.2. The summed E-state index contributed by atoms with van der Waals surface area (Å²) in [5, 5.41) is 4.39. The van der Waals surface area contributed by atoms with Gasteiger partial charge < -0.3 is 15.1 Å². The molecule has 3 amide bonds. The molecule has 0 unspecified atom stereocenters. The monoisotopic (exact) mass is 457 g/mol. The first kappa shape index (κ1) is 23.4. The molecule has 168 valence electrons. The fourth-order valence-electron chi connectivity index (χ4n) is 3.14. The Labute approximate surface area is 190 Å². The molecule has 0 saturated heterocycles. The first-order chi connectivity index (χ1) is 15.3. The van der Waals surface area contributed by atoms with Crippen LogP contribution in [-0.2, 0) is 17.9 Å². The molecule has 1 heterocycles. The number of nitrogens with zero attached hydrogens (tertiary/aromatic N) is 2. The molecule has 5 nitrogen and oxygen atoms in total. The van der Waals surface area contributed by atoms with Crippen LogP contribution in [0.25, 0.3) is 0 Å². The van der Waals surface area contributed by atoms with Crippen LogP contribution in [0.15, 0.2) is 66.0 Å². The van der Waals surface area contributed by atoms with Gasteiger partial charge in [-0.15, -0.1) is 11.3 Å². The molecule has 0 bridgehead atoms. The van der Waals surface area contributed by atoms with Crippen LogP contribution in [0.2, 0.25) is 0 Å². The molecule has 3 aromatic rings. The van der Waals surface area contributed by atoms with Crippen molar-refractivity contribution in [1.29, 1.82) is 0 Å². The van der Waals surface area contributed by atoms with Crippen molar-refractivity contribution in [3.63, 3.8) is 0 Å². The Morgan fingerprint density at radius 2 is 1.75 bits per heavy atom. The summed E-state index contributed by atoms with van der Waals surface area (Å²) in [7, 11) is 0. The second-order valence-corrected chi connectivity index (χ2v) is 8.62. The zero-order valence-corrected chi connectivity index (χ0v) is 18.7. The number of hydrogen-bond acceptors (Lipinski definition) is 3. The van der Waals surface area contributed by atoms with Gasteiger partial charge >= 0.3 is 6.03 Å². The zero-order valence-electron chi connectivity index (χ0n) is 17.9. The van der Waals surface area contributed by atoms with Crippen LogP contribution in [0.4, 0.5) is 19.3 Å². The van der Waals surface area contributed by atoms with E-state index in [0.717, 1.165) is 22.6 Å². The summed E-state index contributed by atoms with van der Waals surface area (Å²) < 4.78 is 27.1. The smallest absolute Gasteiger partial charge is 0.322 e. The van der Waals surface area contributed by atoms with Gasteiger partial charge in [-0.3, -0.25) is 4.79 Å². The predicted molar refractivity (Wildman–Crippen MR) is 122 cm³/mol. The second kappa shape index (κ2) is 10.9. The van der Waals surface area contributed by atoms with Crippen molar-refractivity contribution in [2.24, 2.45) is 0 Å². The van der Waals surface area contributed by atoms with Crippen molar-refractivity contribution in [2.75, 3.05) is 11.9 Å². The average molecular weight is 458 g/mol. The van der Waals surface area contributed by atoms with Gasteiger partial charge in [0.25, 0.3) is 0 Å². The highest BCUT2D eigenvalue weighted by atomic mass is 32.1. The van der Waals surface area contributed by atoms with Crippen LogP contribution in [0.3, 0.4) is 0 Å². The van der Waals surface area contributed by atoms with Crippen LogP contribution < -0.4 is 5.32 Å². The van der Waals surface area contributed by atoms with Crippen molar-refractivity contribution in [3.8, 4) is 0 Å². The fourth-order valence-corrected chi connectivity index (χ4v) is 3.86. The van der Waals surface area contributed by atoms with Crippen LogP contribution in [0, 0.1) is 11.6 Å². The molecule has 0 fully saturated rings. The first-order valence-corrected chi connectivity index (χ1v) is 11.1. The Morgan fingerprint density at radius 3 is 2.38 bits per heavy atom. The SMILES string of the molecule is CC(C)N(CC(=O)N(Cc1ccccc1)Cc1cccs1)C(=O)Nc1ccc(F)cc1F. The summed E-state index contributed by atoms with van der Waals surface area (Å²) in [4.78, 5) is 30.1. The molecule has 0 aliphatic rings. The second-order valence-electron chi connectivity index (χ2n) is 7.59. The Kier molecular flexibility index (Phi) is 7.94. The standard InChI is InChI=1S/C24H25F2N3O2S/c1-17(2)29(24(31)27-22-11-10-19(25)13-21(22)26)16-23(30)28(15-20-9-6-12-32-20)14-18-7-4-3-5-8-18/h3-13,17H,14-16H2,1-2H3,(H,27,31). The molecule has 8 heteroatoms. The van der Waals surface area contributed by atoms with Crippen LogP contribution in [0.1, 0.15) is 24.3 Å². The van der Waals surface area contributed by atoms with E-state index >= 15 is 0 Å². The third kappa shape index (κ3) is 6.37. The van der Waals surface area contributed by atoms with Crippen LogP contribution in [0.5, 0.6) is 0 Å². The number of thiophene rings is 1. The minimum Gasteiger partial charge on any atom is -0.332 e. The largest absolute Gasteiger partial charge is 0.332 e. The van der Waals surface area contributed by atoms with Gasteiger partial charge in [0.05, 0.1) is 12.2 Å². The Morgan fingerprint density at radius 1 is 1.00 bits per heavy atom. The van der Waals surface area contributed by atoms with E-state index in [2.05, 4.69) is 5.32 Å². The van der Waals surface area contributed by atoms with Gasteiger partial charge in [-0.25, -0.2) is 13.6 Å². The number of benzene rings is 2. The van der Waals surface area contributed by atoms with Crippen molar-refractivity contribution in [3.05, 3.63) is 88.1 Å². The van der Waals surface area contributed by atoms with Gasteiger partial charge in [0, 0.05) is 23.5 Å². The summed E-state index contributed by atoms with van der Waals surface area (Å²) in [5.74, 6) is -1.84. The van der Waals surface area contributed by atoms with Gasteiger partial charge in [0.2, 0.25) is 5.91 Å². The van der Waals surface area contributed by atoms with Crippen molar-refractivity contribution in [1.82, 2.24) is 9.80 Å². The maximum atomic E-state index is 14.0. The molecular weight excluding hydrogens is 432 g/mol. The molecule has 0 saturated carbocycles. The zero-order chi connectivity index (χ0) is 23.1. The van der Waals surface area contributed by atoms with Crippen molar-refractivity contribution < 1.29 is 18.4 Å².